The summed E-state index contributed by atoms with van der Waals surface area (Å²) in [4.78, 5) is 12.6. The Morgan fingerprint density at radius 1 is 1.22 bits per heavy atom. The van der Waals surface area contributed by atoms with Crippen LogP contribution in [0.5, 0.6) is 5.75 Å². The van der Waals surface area contributed by atoms with Crippen molar-refractivity contribution in [2.24, 2.45) is 0 Å². The molecule has 144 valence electrons. The van der Waals surface area contributed by atoms with E-state index in [-0.39, 0.29) is 23.9 Å². The van der Waals surface area contributed by atoms with Crippen molar-refractivity contribution in [1.29, 1.82) is 0 Å². The minimum atomic E-state index is -3.86. The molecule has 1 heterocycles. The number of ether oxygens (including phenoxy) is 1. The van der Waals surface area contributed by atoms with E-state index in [1.807, 2.05) is 18.2 Å². The summed E-state index contributed by atoms with van der Waals surface area (Å²) in [5.74, 6) is -0.217. The molecule has 0 aromatic heterocycles. The predicted molar refractivity (Wildman–Crippen MR) is 98.2 cm³/mol. The van der Waals surface area contributed by atoms with Gasteiger partial charge >= 0.3 is 0 Å². The number of hydrogen-bond donors (Lipinski definition) is 1. The summed E-state index contributed by atoms with van der Waals surface area (Å²) in [6, 6.07) is 11.1. The number of nitrogens with one attached hydrogen (secondary N) is 1. The number of sulfonamides is 1. The van der Waals surface area contributed by atoms with Gasteiger partial charge in [0.25, 0.3) is 0 Å². The Morgan fingerprint density at radius 3 is 2.63 bits per heavy atom. The van der Waals surface area contributed by atoms with Gasteiger partial charge in [0.1, 0.15) is 17.6 Å². The normalized spacial score (nSPS) is 17.6. The van der Waals surface area contributed by atoms with E-state index < -0.39 is 21.9 Å². The van der Waals surface area contributed by atoms with Gasteiger partial charge < -0.3 is 10.1 Å². The minimum absolute atomic E-state index is 0.0201. The Hall–Kier alpha value is -2.45. The lowest BCUT2D eigenvalue weighted by molar-refractivity contribution is -0.124. The summed E-state index contributed by atoms with van der Waals surface area (Å²) in [6.07, 6.45) is 1.03. The van der Waals surface area contributed by atoms with Crippen LogP contribution in [0.1, 0.15) is 18.4 Å². The van der Waals surface area contributed by atoms with Gasteiger partial charge in [-0.1, -0.05) is 18.2 Å². The third-order valence-corrected chi connectivity index (χ3v) is 6.49. The van der Waals surface area contributed by atoms with Crippen molar-refractivity contribution < 1.29 is 22.3 Å². The van der Waals surface area contributed by atoms with Gasteiger partial charge in [0.15, 0.2) is 0 Å². The first-order chi connectivity index (χ1) is 12.9. The molecule has 0 radical (unpaired) electrons. The van der Waals surface area contributed by atoms with Crippen LogP contribution in [0.4, 0.5) is 4.39 Å². The highest BCUT2D eigenvalue weighted by molar-refractivity contribution is 7.89. The molecule has 6 nitrogen and oxygen atoms in total. The first-order valence-corrected chi connectivity index (χ1v) is 10.0. The molecule has 0 saturated carbocycles. The molecule has 1 N–H and O–H groups in total. The van der Waals surface area contributed by atoms with Crippen molar-refractivity contribution in [2.45, 2.75) is 30.3 Å². The number of carbonyl (C=O) groups excluding carboxylic acids is 1. The van der Waals surface area contributed by atoms with Crippen LogP contribution in [0.15, 0.2) is 53.4 Å². The summed E-state index contributed by atoms with van der Waals surface area (Å²) in [7, 11) is -2.31. The molecule has 1 fully saturated rings. The molecule has 2 aromatic rings. The molecule has 1 aliphatic heterocycles. The number of carbonyl (C=O) groups is 1. The molecule has 3 rings (SSSR count). The van der Waals surface area contributed by atoms with E-state index in [0.717, 1.165) is 17.7 Å². The highest BCUT2D eigenvalue weighted by Crippen LogP contribution is 2.26. The number of methoxy groups -OCH3 is 1. The van der Waals surface area contributed by atoms with Crippen molar-refractivity contribution in [2.75, 3.05) is 13.7 Å². The maximum atomic E-state index is 13.1. The molecule has 1 atom stereocenters. The van der Waals surface area contributed by atoms with Crippen molar-refractivity contribution in [1.82, 2.24) is 9.62 Å². The lowest BCUT2D eigenvalue weighted by Gasteiger charge is -2.23. The topological polar surface area (TPSA) is 75.7 Å². The van der Waals surface area contributed by atoms with Crippen LogP contribution in [-0.4, -0.2) is 38.3 Å². The molecule has 0 unspecified atom stereocenters. The van der Waals surface area contributed by atoms with E-state index in [1.165, 1.54) is 16.4 Å². The maximum absolute atomic E-state index is 13.1. The summed E-state index contributed by atoms with van der Waals surface area (Å²) >= 11 is 0. The fourth-order valence-electron chi connectivity index (χ4n) is 3.18. The van der Waals surface area contributed by atoms with E-state index in [2.05, 4.69) is 5.32 Å². The van der Waals surface area contributed by atoms with Crippen LogP contribution in [0, 0.1) is 5.82 Å². The average molecular weight is 392 g/mol. The molecule has 1 aliphatic rings. The van der Waals surface area contributed by atoms with Crippen molar-refractivity contribution in [3.8, 4) is 5.75 Å². The van der Waals surface area contributed by atoms with E-state index in [9.17, 15) is 17.6 Å². The van der Waals surface area contributed by atoms with Crippen LogP contribution >= 0.6 is 0 Å². The Kier molecular flexibility index (Phi) is 5.76. The van der Waals surface area contributed by atoms with Crippen molar-refractivity contribution in [3.05, 3.63) is 59.9 Å². The van der Waals surface area contributed by atoms with Gasteiger partial charge in [0.05, 0.1) is 12.0 Å². The van der Waals surface area contributed by atoms with Gasteiger partial charge in [0.2, 0.25) is 15.9 Å². The molecule has 8 heteroatoms. The molecule has 1 amide bonds. The third kappa shape index (κ3) is 4.12. The van der Waals surface area contributed by atoms with Crippen LogP contribution in [0.3, 0.4) is 0 Å². The maximum Gasteiger partial charge on any atom is 0.243 e. The zero-order valence-corrected chi connectivity index (χ0v) is 15.7. The highest BCUT2D eigenvalue weighted by Gasteiger charge is 2.39. The van der Waals surface area contributed by atoms with Crippen molar-refractivity contribution in [3.63, 3.8) is 0 Å². The summed E-state index contributed by atoms with van der Waals surface area (Å²) < 4.78 is 45.2. The lowest BCUT2D eigenvalue weighted by Crippen LogP contribution is -2.45. The zero-order valence-electron chi connectivity index (χ0n) is 14.9. The van der Waals surface area contributed by atoms with E-state index >= 15 is 0 Å². The SMILES string of the molecule is COc1ccccc1CNC(=O)[C@H]1CCCN1S(=O)(=O)c1ccc(F)cc1. The van der Waals surface area contributed by atoms with Gasteiger partial charge in [0, 0.05) is 18.7 Å². The predicted octanol–water partition coefficient (Wildman–Crippen LogP) is 2.30. The van der Waals surface area contributed by atoms with E-state index in [1.54, 1.807) is 13.2 Å². The van der Waals surface area contributed by atoms with E-state index in [4.69, 9.17) is 4.74 Å². The number of halogens is 1. The largest absolute Gasteiger partial charge is 0.496 e. The van der Waals surface area contributed by atoms with Crippen LogP contribution in [0.25, 0.3) is 0 Å². The fourth-order valence-corrected chi connectivity index (χ4v) is 4.84. The second-order valence-electron chi connectivity index (χ2n) is 6.26. The highest BCUT2D eigenvalue weighted by atomic mass is 32.2. The van der Waals surface area contributed by atoms with Crippen LogP contribution in [-0.2, 0) is 21.4 Å². The second kappa shape index (κ2) is 8.06. The standard InChI is InChI=1S/C19H21FN2O4S/c1-26-18-7-3-2-5-14(18)13-21-19(23)17-6-4-12-22(17)27(24,25)16-10-8-15(20)9-11-16/h2-3,5,7-11,17H,4,6,12-13H2,1H3,(H,21,23)/t17-/m1/s1. The Bertz CT molecular complexity index is 916. The monoisotopic (exact) mass is 392 g/mol. The molecule has 27 heavy (non-hydrogen) atoms. The number of hydrogen-bond acceptors (Lipinski definition) is 4. The fraction of sp³-hybridized carbons (Fsp3) is 0.316. The Labute approximate surface area is 158 Å². The zero-order chi connectivity index (χ0) is 19.4. The molecular formula is C19H21FN2O4S. The number of nitrogens with zero attached hydrogens (tertiary/aromatic N) is 1. The Morgan fingerprint density at radius 2 is 1.93 bits per heavy atom. The number of rotatable bonds is 6. The van der Waals surface area contributed by atoms with Gasteiger partial charge in [-0.15, -0.1) is 0 Å². The quantitative estimate of drug-likeness (QED) is 0.819. The lowest BCUT2D eigenvalue weighted by atomic mass is 10.2. The molecule has 1 saturated heterocycles. The minimum Gasteiger partial charge on any atom is -0.496 e. The summed E-state index contributed by atoms with van der Waals surface area (Å²) in [5.41, 5.74) is 0.805. The first-order valence-electron chi connectivity index (χ1n) is 8.60. The molecule has 2 aromatic carbocycles. The molecular weight excluding hydrogens is 371 g/mol. The van der Waals surface area contributed by atoms with Crippen molar-refractivity contribution >= 4 is 15.9 Å². The molecule has 0 bridgehead atoms. The summed E-state index contributed by atoms with van der Waals surface area (Å²) in [6.45, 7) is 0.496. The van der Waals surface area contributed by atoms with Gasteiger partial charge in [-0.3, -0.25) is 4.79 Å². The van der Waals surface area contributed by atoms with E-state index in [0.29, 0.717) is 18.6 Å². The van der Waals surface area contributed by atoms with Crippen LogP contribution in [0.2, 0.25) is 0 Å². The smallest absolute Gasteiger partial charge is 0.243 e. The molecule has 0 aliphatic carbocycles. The Balaban J connectivity index is 1.73. The van der Waals surface area contributed by atoms with Gasteiger partial charge in [-0.05, 0) is 43.2 Å². The first kappa shape index (κ1) is 19.3. The number of para-hydroxylation sites is 1. The second-order valence-corrected chi connectivity index (χ2v) is 8.15. The molecule has 0 spiro atoms. The number of amides is 1. The number of benzene rings is 2. The van der Waals surface area contributed by atoms with Gasteiger partial charge in [-0.2, -0.15) is 4.31 Å². The average Bonchev–Trinajstić information content (AvgIpc) is 3.17. The van der Waals surface area contributed by atoms with Gasteiger partial charge in [-0.25, -0.2) is 12.8 Å². The summed E-state index contributed by atoms with van der Waals surface area (Å²) in [5, 5.41) is 2.79. The third-order valence-electron chi connectivity index (χ3n) is 4.57. The van der Waals surface area contributed by atoms with Crippen LogP contribution < -0.4 is 10.1 Å².